The molecule has 4 N–H and O–H groups in total. The lowest BCUT2D eigenvalue weighted by atomic mass is 10.0. The van der Waals surface area contributed by atoms with Crippen LogP contribution >= 0.6 is 0 Å². The van der Waals surface area contributed by atoms with Gasteiger partial charge in [0.15, 0.2) is 0 Å². The van der Waals surface area contributed by atoms with Crippen LogP contribution in [-0.4, -0.2) is 25.7 Å². The molecular weight excluding hydrogens is 254 g/mol. The SMILES string of the molecule is CCCC(COC)Nc1cc2c(cc1N)CCC(=O)N2. The van der Waals surface area contributed by atoms with Crippen molar-refractivity contribution in [1.29, 1.82) is 0 Å². The summed E-state index contributed by atoms with van der Waals surface area (Å²) < 4.78 is 5.23. The van der Waals surface area contributed by atoms with Gasteiger partial charge in [-0.2, -0.15) is 0 Å². The third-order valence-electron chi connectivity index (χ3n) is 3.54. The highest BCUT2D eigenvalue weighted by atomic mass is 16.5. The summed E-state index contributed by atoms with van der Waals surface area (Å²) >= 11 is 0. The molecule has 0 saturated heterocycles. The summed E-state index contributed by atoms with van der Waals surface area (Å²) in [7, 11) is 1.70. The summed E-state index contributed by atoms with van der Waals surface area (Å²) in [5, 5.41) is 6.31. The number of benzene rings is 1. The number of rotatable bonds is 6. The molecule has 1 heterocycles. The molecule has 0 aliphatic carbocycles. The zero-order chi connectivity index (χ0) is 14.5. The Bertz CT molecular complexity index is 482. The number of carbonyl (C=O) groups is 1. The minimum Gasteiger partial charge on any atom is -0.397 e. The molecule has 0 bridgehead atoms. The van der Waals surface area contributed by atoms with E-state index in [1.54, 1.807) is 7.11 Å². The van der Waals surface area contributed by atoms with Gasteiger partial charge in [-0.1, -0.05) is 13.3 Å². The number of anilines is 3. The van der Waals surface area contributed by atoms with E-state index < -0.39 is 0 Å². The van der Waals surface area contributed by atoms with Crippen LogP contribution in [0.1, 0.15) is 31.7 Å². The van der Waals surface area contributed by atoms with Crippen LogP contribution in [0, 0.1) is 0 Å². The number of nitrogens with one attached hydrogen (secondary N) is 2. The average molecular weight is 277 g/mol. The number of aryl methyl sites for hydroxylation is 1. The molecule has 0 saturated carbocycles. The van der Waals surface area contributed by atoms with Crippen molar-refractivity contribution in [3.63, 3.8) is 0 Å². The second-order valence-corrected chi connectivity index (χ2v) is 5.23. The fourth-order valence-corrected chi connectivity index (χ4v) is 2.54. The van der Waals surface area contributed by atoms with Crippen molar-refractivity contribution < 1.29 is 9.53 Å². The highest BCUT2D eigenvalue weighted by Gasteiger charge is 2.17. The van der Waals surface area contributed by atoms with Crippen LogP contribution in [0.25, 0.3) is 0 Å². The topological polar surface area (TPSA) is 76.4 Å². The summed E-state index contributed by atoms with van der Waals surface area (Å²) in [6.07, 6.45) is 3.36. The van der Waals surface area contributed by atoms with E-state index in [9.17, 15) is 4.79 Å². The number of nitrogen functional groups attached to an aromatic ring is 1. The molecular formula is C15H23N3O2. The molecule has 0 radical (unpaired) electrons. The maximum Gasteiger partial charge on any atom is 0.224 e. The van der Waals surface area contributed by atoms with Gasteiger partial charge in [0.2, 0.25) is 5.91 Å². The Morgan fingerprint density at radius 2 is 2.25 bits per heavy atom. The van der Waals surface area contributed by atoms with Crippen LogP contribution < -0.4 is 16.4 Å². The van der Waals surface area contributed by atoms with Gasteiger partial charge in [-0.3, -0.25) is 4.79 Å². The monoisotopic (exact) mass is 277 g/mol. The minimum atomic E-state index is 0.0650. The maximum atomic E-state index is 11.5. The van der Waals surface area contributed by atoms with E-state index in [1.807, 2.05) is 12.1 Å². The van der Waals surface area contributed by atoms with Gasteiger partial charge in [0.25, 0.3) is 0 Å². The van der Waals surface area contributed by atoms with Crippen molar-refractivity contribution in [3.8, 4) is 0 Å². The average Bonchev–Trinajstić information content (AvgIpc) is 2.41. The van der Waals surface area contributed by atoms with Crippen LogP contribution in [0.2, 0.25) is 0 Å². The van der Waals surface area contributed by atoms with Gasteiger partial charge in [0, 0.05) is 25.3 Å². The molecule has 20 heavy (non-hydrogen) atoms. The molecule has 1 aliphatic rings. The van der Waals surface area contributed by atoms with Crippen molar-refractivity contribution in [3.05, 3.63) is 17.7 Å². The zero-order valence-electron chi connectivity index (χ0n) is 12.2. The number of carbonyl (C=O) groups excluding carboxylic acids is 1. The van der Waals surface area contributed by atoms with Crippen molar-refractivity contribution in [2.24, 2.45) is 0 Å². The standard InChI is InChI=1S/C15H23N3O2/c1-3-4-11(9-20-2)17-14-8-13-10(7-12(14)16)5-6-15(19)18-13/h7-8,11,17H,3-6,9,16H2,1-2H3,(H,18,19). The molecule has 5 nitrogen and oxygen atoms in total. The highest BCUT2D eigenvalue weighted by Crippen LogP contribution is 2.31. The van der Waals surface area contributed by atoms with Crippen LogP contribution in [0.3, 0.4) is 0 Å². The summed E-state index contributed by atoms with van der Waals surface area (Å²) in [6, 6.07) is 4.11. The number of hydrogen-bond donors (Lipinski definition) is 3. The lowest BCUT2D eigenvalue weighted by molar-refractivity contribution is -0.116. The third kappa shape index (κ3) is 3.42. The fraction of sp³-hybridized carbons (Fsp3) is 0.533. The lowest BCUT2D eigenvalue weighted by Crippen LogP contribution is -2.26. The summed E-state index contributed by atoms with van der Waals surface area (Å²) in [6.45, 7) is 2.78. The second-order valence-electron chi connectivity index (χ2n) is 5.23. The molecule has 0 spiro atoms. The normalized spacial score (nSPS) is 15.4. The Labute approximate surface area is 119 Å². The zero-order valence-corrected chi connectivity index (χ0v) is 12.2. The van der Waals surface area contributed by atoms with Gasteiger partial charge >= 0.3 is 0 Å². The molecule has 1 aromatic carbocycles. The minimum absolute atomic E-state index is 0.0650. The van der Waals surface area contributed by atoms with E-state index >= 15 is 0 Å². The Kier molecular flexibility index (Phi) is 4.84. The van der Waals surface area contributed by atoms with Gasteiger partial charge in [0.1, 0.15) is 0 Å². The number of methoxy groups -OCH3 is 1. The van der Waals surface area contributed by atoms with Gasteiger partial charge in [0.05, 0.1) is 18.0 Å². The smallest absolute Gasteiger partial charge is 0.224 e. The van der Waals surface area contributed by atoms with Crippen LogP contribution in [0.5, 0.6) is 0 Å². The number of amides is 1. The van der Waals surface area contributed by atoms with E-state index in [2.05, 4.69) is 17.6 Å². The summed E-state index contributed by atoms with van der Waals surface area (Å²) in [5.74, 6) is 0.0650. The molecule has 2 rings (SSSR count). The fourth-order valence-electron chi connectivity index (χ4n) is 2.54. The lowest BCUT2D eigenvalue weighted by Gasteiger charge is -2.23. The first kappa shape index (κ1) is 14.7. The van der Waals surface area contributed by atoms with Crippen molar-refractivity contribution >= 4 is 23.0 Å². The van der Waals surface area contributed by atoms with Crippen LogP contribution in [-0.2, 0) is 16.0 Å². The van der Waals surface area contributed by atoms with E-state index in [1.165, 1.54) is 0 Å². The first-order valence-electron chi connectivity index (χ1n) is 7.11. The van der Waals surface area contributed by atoms with E-state index in [4.69, 9.17) is 10.5 Å². The first-order chi connectivity index (χ1) is 9.63. The Morgan fingerprint density at radius 1 is 1.45 bits per heavy atom. The Morgan fingerprint density at radius 3 is 2.95 bits per heavy atom. The molecule has 1 atom stereocenters. The molecule has 1 aliphatic heterocycles. The number of fused-ring (bicyclic) bond motifs is 1. The predicted octanol–water partition coefficient (Wildman–Crippen LogP) is 2.38. The summed E-state index contributed by atoms with van der Waals surface area (Å²) in [5.41, 5.74) is 9.66. The molecule has 0 fully saturated rings. The predicted molar refractivity (Wildman–Crippen MR) is 82.0 cm³/mol. The Balaban J connectivity index is 2.18. The molecule has 1 amide bonds. The van der Waals surface area contributed by atoms with Gasteiger partial charge in [-0.25, -0.2) is 0 Å². The second kappa shape index (κ2) is 6.61. The molecule has 5 heteroatoms. The first-order valence-corrected chi connectivity index (χ1v) is 7.11. The van der Waals surface area contributed by atoms with E-state index in [0.717, 1.165) is 41.9 Å². The van der Waals surface area contributed by atoms with Gasteiger partial charge in [-0.05, 0) is 30.5 Å². The van der Waals surface area contributed by atoms with Crippen molar-refractivity contribution in [2.75, 3.05) is 30.1 Å². The van der Waals surface area contributed by atoms with Crippen molar-refractivity contribution in [2.45, 2.75) is 38.6 Å². The van der Waals surface area contributed by atoms with E-state index in [-0.39, 0.29) is 11.9 Å². The number of ether oxygens (including phenoxy) is 1. The molecule has 0 aromatic heterocycles. The number of hydrogen-bond acceptors (Lipinski definition) is 4. The van der Waals surface area contributed by atoms with Crippen molar-refractivity contribution in [1.82, 2.24) is 0 Å². The molecule has 1 aromatic rings. The van der Waals surface area contributed by atoms with Crippen LogP contribution in [0.4, 0.5) is 17.1 Å². The third-order valence-corrected chi connectivity index (χ3v) is 3.54. The quantitative estimate of drug-likeness (QED) is 0.698. The van der Waals surface area contributed by atoms with Gasteiger partial charge < -0.3 is 21.1 Å². The Hall–Kier alpha value is -1.75. The summed E-state index contributed by atoms with van der Waals surface area (Å²) in [4.78, 5) is 11.5. The molecule has 1 unspecified atom stereocenters. The largest absolute Gasteiger partial charge is 0.397 e. The van der Waals surface area contributed by atoms with Gasteiger partial charge in [-0.15, -0.1) is 0 Å². The molecule has 110 valence electrons. The number of nitrogens with two attached hydrogens (primary N) is 1. The maximum absolute atomic E-state index is 11.5. The van der Waals surface area contributed by atoms with Crippen LogP contribution in [0.15, 0.2) is 12.1 Å². The highest BCUT2D eigenvalue weighted by molar-refractivity contribution is 5.95. The van der Waals surface area contributed by atoms with E-state index in [0.29, 0.717) is 13.0 Å².